The fraction of sp³-hybridized carbons (Fsp3) is 0.107. The maximum atomic E-state index is 13.8. The van der Waals surface area contributed by atoms with Crippen molar-refractivity contribution in [2.75, 3.05) is 0 Å². The third kappa shape index (κ3) is 3.33. The molecule has 5 rings (SSSR count). The molecule has 1 aliphatic rings. The van der Waals surface area contributed by atoms with Crippen LogP contribution in [-0.2, 0) is 12.1 Å². The molecule has 0 aliphatic carbocycles. The topological polar surface area (TPSA) is 40.5 Å². The number of rotatable bonds is 5. The maximum Gasteiger partial charge on any atom is 0.257 e. The first-order valence-electron chi connectivity index (χ1n) is 10.5. The van der Waals surface area contributed by atoms with Crippen molar-refractivity contribution in [2.45, 2.75) is 18.2 Å². The van der Waals surface area contributed by atoms with Gasteiger partial charge in [-0.15, -0.1) is 0 Å². The zero-order valence-electron chi connectivity index (χ0n) is 17.1. The molecule has 4 aromatic rings. The average Bonchev–Trinajstić information content (AvgIpc) is 3.04. The van der Waals surface area contributed by atoms with Crippen LogP contribution in [0.5, 0.6) is 0 Å². The van der Waals surface area contributed by atoms with Crippen molar-refractivity contribution in [3.05, 3.63) is 143 Å². The highest BCUT2D eigenvalue weighted by Crippen LogP contribution is 2.46. The number of fused-ring (bicyclic) bond motifs is 1. The molecule has 1 N–H and O–H groups in total. The molecule has 31 heavy (non-hydrogen) atoms. The van der Waals surface area contributed by atoms with Gasteiger partial charge in [-0.2, -0.15) is 0 Å². The van der Waals surface area contributed by atoms with E-state index < -0.39 is 11.8 Å². The van der Waals surface area contributed by atoms with Crippen molar-refractivity contribution in [3.8, 4) is 0 Å². The van der Waals surface area contributed by atoms with E-state index in [0.717, 1.165) is 16.7 Å². The molecule has 0 saturated carbocycles. The Morgan fingerprint density at radius 2 is 1.16 bits per heavy atom. The van der Waals surface area contributed by atoms with Gasteiger partial charge >= 0.3 is 0 Å². The summed E-state index contributed by atoms with van der Waals surface area (Å²) in [4.78, 5) is 15.4. The molecule has 3 nitrogen and oxygen atoms in total. The largest absolute Gasteiger partial charge is 0.366 e. The van der Waals surface area contributed by atoms with E-state index in [9.17, 15) is 9.90 Å². The van der Waals surface area contributed by atoms with Crippen LogP contribution in [0.3, 0.4) is 0 Å². The first kappa shape index (κ1) is 19.3. The third-order valence-corrected chi connectivity index (χ3v) is 5.99. The van der Waals surface area contributed by atoms with E-state index >= 15 is 0 Å². The molecule has 1 atom stereocenters. The minimum atomic E-state index is -1.47. The number of hydrogen-bond donors (Lipinski definition) is 1. The van der Waals surface area contributed by atoms with Gasteiger partial charge in [-0.25, -0.2) is 0 Å². The molecule has 152 valence electrons. The lowest BCUT2D eigenvalue weighted by Crippen LogP contribution is -2.47. The van der Waals surface area contributed by atoms with E-state index in [2.05, 4.69) is 0 Å². The van der Waals surface area contributed by atoms with Crippen LogP contribution in [0.25, 0.3) is 0 Å². The molecule has 0 bridgehead atoms. The summed E-state index contributed by atoms with van der Waals surface area (Å²) in [5.74, 6) is -0.160. The predicted octanol–water partition coefficient (Wildman–Crippen LogP) is 5.32. The second kappa shape index (κ2) is 7.86. The van der Waals surface area contributed by atoms with Crippen molar-refractivity contribution in [1.82, 2.24) is 4.90 Å². The molecule has 1 aliphatic heterocycles. The molecule has 0 saturated heterocycles. The van der Waals surface area contributed by atoms with Gasteiger partial charge in [0.05, 0.1) is 6.04 Å². The van der Waals surface area contributed by atoms with E-state index in [-0.39, 0.29) is 5.91 Å². The molecule has 0 fully saturated rings. The lowest BCUT2D eigenvalue weighted by molar-refractivity contribution is -0.0968. The SMILES string of the molecule is O=C1c2ccccc2C(O)(Cc2ccccc2)N1C(c1ccccc1)c1ccccc1. The molecule has 0 radical (unpaired) electrons. The Labute approximate surface area is 182 Å². The van der Waals surface area contributed by atoms with Crippen LogP contribution in [0.1, 0.15) is 38.7 Å². The zero-order chi connectivity index (χ0) is 21.3. The molecule has 1 unspecified atom stereocenters. The van der Waals surface area contributed by atoms with Gasteiger partial charge in [-0.05, 0) is 22.8 Å². The summed E-state index contributed by atoms with van der Waals surface area (Å²) in [5, 5.41) is 12.2. The molecule has 3 heteroatoms. The third-order valence-electron chi connectivity index (χ3n) is 5.99. The van der Waals surface area contributed by atoms with Crippen LogP contribution in [-0.4, -0.2) is 15.9 Å². The highest BCUT2D eigenvalue weighted by molar-refractivity contribution is 6.00. The van der Waals surface area contributed by atoms with Crippen LogP contribution < -0.4 is 0 Å². The van der Waals surface area contributed by atoms with Crippen LogP contribution in [0.2, 0.25) is 0 Å². The fourth-order valence-electron chi connectivity index (χ4n) is 4.60. The van der Waals surface area contributed by atoms with Crippen molar-refractivity contribution in [3.63, 3.8) is 0 Å². The number of amides is 1. The fourth-order valence-corrected chi connectivity index (χ4v) is 4.60. The van der Waals surface area contributed by atoms with Crippen molar-refractivity contribution in [1.29, 1.82) is 0 Å². The second-order valence-electron chi connectivity index (χ2n) is 7.92. The van der Waals surface area contributed by atoms with Crippen LogP contribution in [0, 0.1) is 0 Å². The van der Waals surface area contributed by atoms with E-state index in [1.807, 2.05) is 109 Å². The lowest BCUT2D eigenvalue weighted by atomic mass is 9.91. The number of aliphatic hydroxyl groups is 1. The number of nitrogens with zero attached hydrogens (tertiary/aromatic N) is 1. The number of hydrogen-bond acceptors (Lipinski definition) is 2. The van der Waals surface area contributed by atoms with Crippen molar-refractivity contribution in [2.24, 2.45) is 0 Å². The van der Waals surface area contributed by atoms with Gasteiger partial charge in [0.2, 0.25) is 0 Å². The van der Waals surface area contributed by atoms with Gasteiger partial charge in [0.1, 0.15) is 0 Å². The predicted molar refractivity (Wildman–Crippen MR) is 121 cm³/mol. The Hall–Kier alpha value is -3.69. The minimum Gasteiger partial charge on any atom is -0.366 e. The number of carbonyl (C=O) groups is 1. The summed E-state index contributed by atoms with van der Waals surface area (Å²) in [6.07, 6.45) is 0.312. The standard InChI is InChI=1S/C28H23NO2/c30-27-24-18-10-11-19-25(24)28(31,20-21-12-4-1-5-13-21)29(27)26(22-14-6-2-7-15-22)23-16-8-3-9-17-23/h1-19,26,31H,20H2. The number of benzene rings is 4. The lowest BCUT2D eigenvalue weighted by Gasteiger charge is -2.40. The highest BCUT2D eigenvalue weighted by Gasteiger charge is 2.51. The first-order valence-corrected chi connectivity index (χ1v) is 10.5. The Kier molecular flexibility index (Phi) is 4.89. The summed E-state index contributed by atoms with van der Waals surface area (Å²) in [5.41, 5.74) is 2.63. The van der Waals surface area contributed by atoms with E-state index in [0.29, 0.717) is 17.5 Å². The molecule has 1 heterocycles. The molecule has 0 aromatic heterocycles. The van der Waals surface area contributed by atoms with Crippen molar-refractivity contribution >= 4 is 5.91 Å². The van der Waals surface area contributed by atoms with E-state index in [1.165, 1.54) is 0 Å². The van der Waals surface area contributed by atoms with E-state index in [1.54, 1.807) is 11.0 Å². The minimum absolute atomic E-state index is 0.160. The monoisotopic (exact) mass is 405 g/mol. The Morgan fingerprint density at radius 1 is 0.677 bits per heavy atom. The van der Waals surface area contributed by atoms with Gasteiger partial charge in [0, 0.05) is 17.5 Å². The molecular weight excluding hydrogens is 382 g/mol. The Morgan fingerprint density at radius 3 is 1.74 bits per heavy atom. The van der Waals surface area contributed by atoms with Crippen LogP contribution in [0.15, 0.2) is 115 Å². The molecule has 0 spiro atoms. The van der Waals surface area contributed by atoms with Gasteiger partial charge in [0.15, 0.2) is 5.72 Å². The maximum absolute atomic E-state index is 13.8. The highest BCUT2D eigenvalue weighted by atomic mass is 16.3. The first-order chi connectivity index (χ1) is 15.2. The van der Waals surface area contributed by atoms with Crippen molar-refractivity contribution < 1.29 is 9.90 Å². The summed E-state index contributed by atoms with van der Waals surface area (Å²) in [6, 6.07) is 36.7. The van der Waals surface area contributed by atoms with Gasteiger partial charge in [-0.1, -0.05) is 109 Å². The van der Waals surface area contributed by atoms with Crippen LogP contribution in [0.4, 0.5) is 0 Å². The molecular formula is C28H23NO2. The quantitative estimate of drug-likeness (QED) is 0.488. The Bertz CT molecular complexity index is 1150. The number of carbonyl (C=O) groups excluding carboxylic acids is 1. The summed E-state index contributed by atoms with van der Waals surface area (Å²) in [6.45, 7) is 0. The molecule has 4 aromatic carbocycles. The van der Waals surface area contributed by atoms with Gasteiger partial charge < -0.3 is 5.11 Å². The smallest absolute Gasteiger partial charge is 0.257 e. The summed E-state index contributed by atoms with van der Waals surface area (Å²) >= 11 is 0. The van der Waals surface area contributed by atoms with Gasteiger partial charge in [-0.3, -0.25) is 9.69 Å². The zero-order valence-corrected chi connectivity index (χ0v) is 17.1. The van der Waals surface area contributed by atoms with Gasteiger partial charge in [0.25, 0.3) is 5.91 Å². The normalized spacial score (nSPS) is 17.7. The summed E-state index contributed by atoms with van der Waals surface area (Å²) in [7, 11) is 0. The Balaban J connectivity index is 1.71. The van der Waals surface area contributed by atoms with E-state index in [4.69, 9.17) is 0 Å². The molecule has 1 amide bonds. The van der Waals surface area contributed by atoms with Crippen LogP contribution >= 0.6 is 0 Å². The summed E-state index contributed by atoms with van der Waals surface area (Å²) < 4.78 is 0. The average molecular weight is 405 g/mol. The second-order valence-corrected chi connectivity index (χ2v) is 7.92.